The van der Waals surface area contributed by atoms with E-state index in [1.807, 2.05) is 10.5 Å². The van der Waals surface area contributed by atoms with E-state index in [1.165, 1.54) is 31.2 Å². The molecule has 1 aromatic carbocycles. The van der Waals surface area contributed by atoms with Gasteiger partial charge in [-0.1, -0.05) is 56.5 Å². The fraction of sp³-hybridized carbons (Fsp3) is 0.538. The van der Waals surface area contributed by atoms with Gasteiger partial charge in [0.2, 0.25) is 0 Å². The molecule has 0 heterocycles. The van der Waals surface area contributed by atoms with Gasteiger partial charge < -0.3 is 0 Å². The van der Waals surface area contributed by atoms with Crippen molar-refractivity contribution in [3.63, 3.8) is 0 Å². The SMILES string of the molecule is CCCCCCN(Cl)Cc1ccccc1. The second kappa shape index (κ2) is 7.72. The van der Waals surface area contributed by atoms with E-state index in [-0.39, 0.29) is 0 Å². The van der Waals surface area contributed by atoms with Crippen LogP contribution in [0, 0.1) is 0 Å². The Morgan fingerprint density at radius 3 is 2.47 bits per heavy atom. The number of hydrogen-bond acceptors (Lipinski definition) is 1. The van der Waals surface area contributed by atoms with Crippen LogP contribution < -0.4 is 0 Å². The second-order valence-corrected chi connectivity index (χ2v) is 4.37. The molecule has 0 aliphatic heterocycles. The molecule has 0 aliphatic carbocycles. The number of nitrogens with zero attached hydrogens (tertiary/aromatic N) is 1. The largest absolute Gasteiger partial charge is 0.216 e. The van der Waals surface area contributed by atoms with Gasteiger partial charge in [0, 0.05) is 13.1 Å². The number of halogens is 1. The van der Waals surface area contributed by atoms with E-state index in [1.54, 1.807) is 0 Å². The Hall–Kier alpha value is -0.530. The van der Waals surface area contributed by atoms with Crippen LogP contribution in [-0.2, 0) is 6.54 Å². The Balaban J connectivity index is 2.16. The van der Waals surface area contributed by atoms with Crippen molar-refractivity contribution in [1.82, 2.24) is 4.42 Å². The summed E-state index contributed by atoms with van der Waals surface area (Å²) in [6.07, 6.45) is 5.08. The lowest BCUT2D eigenvalue weighted by atomic mass is 10.2. The van der Waals surface area contributed by atoms with Gasteiger partial charge in [-0.05, 0) is 23.8 Å². The zero-order valence-electron chi connectivity index (χ0n) is 9.45. The van der Waals surface area contributed by atoms with Crippen LogP contribution in [-0.4, -0.2) is 11.0 Å². The number of unbranched alkanes of at least 4 members (excludes halogenated alkanes) is 3. The van der Waals surface area contributed by atoms with E-state index >= 15 is 0 Å². The quantitative estimate of drug-likeness (QED) is 0.496. The van der Waals surface area contributed by atoms with E-state index in [2.05, 4.69) is 31.2 Å². The first-order valence-electron chi connectivity index (χ1n) is 5.77. The third-order valence-electron chi connectivity index (χ3n) is 2.45. The molecule has 0 aliphatic rings. The lowest BCUT2D eigenvalue weighted by molar-refractivity contribution is 0.428. The summed E-state index contributed by atoms with van der Waals surface area (Å²) in [5.41, 5.74) is 1.28. The van der Waals surface area contributed by atoms with Gasteiger partial charge >= 0.3 is 0 Å². The van der Waals surface area contributed by atoms with Crippen LogP contribution in [0.15, 0.2) is 30.3 Å². The van der Waals surface area contributed by atoms with Crippen LogP contribution in [0.5, 0.6) is 0 Å². The monoisotopic (exact) mass is 225 g/mol. The first-order valence-corrected chi connectivity index (χ1v) is 6.11. The molecule has 1 aromatic rings. The molecule has 0 spiro atoms. The van der Waals surface area contributed by atoms with Crippen molar-refractivity contribution in [3.05, 3.63) is 35.9 Å². The van der Waals surface area contributed by atoms with Crippen LogP contribution in [0.1, 0.15) is 38.2 Å². The summed E-state index contributed by atoms with van der Waals surface area (Å²) in [4.78, 5) is 0. The molecule has 0 aromatic heterocycles. The number of benzene rings is 1. The van der Waals surface area contributed by atoms with Crippen LogP contribution in [0.25, 0.3) is 0 Å². The fourth-order valence-electron chi connectivity index (χ4n) is 1.57. The van der Waals surface area contributed by atoms with Gasteiger partial charge in [-0.3, -0.25) is 0 Å². The predicted molar refractivity (Wildman–Crippen MR) is 66.8 cm³/mol. The molecule has 1 nitrogen and oxygen atoms in total. The molecular formula is C13H20ClN. The number of hydrogen-bond donors (Lipinski definition) is 0. The normalized spacial score (nSPS) is 10.9. The Labute approximate surface area is 98.2 Å². The van der Waals surface area contributed by atoms with Crippen LogP contribution in [0.4, 0.5) is 0 Å². The molecule has 15 heavy (non-hydrogen) atoms. The molecule has 0 saturated heterocycles. The molecule has 0 amide bonds. The fourth-order valence-corrected chi connectivity index (χ4v) is 1.83. The molecule has 1 rings (SSSR count). The van der Waals surface area contributed by atoms with Gasteiger partial charge in [-0.15, -0.1) is 0 Å². The van der Waals surface area contributed by atoms with E-state index in [0.717, 1.165) is 13.1 Å². The van der Waals surface area contributed by atoms with Gasteiger partial charge in [-0.25, -0.2) is 4.42 Å². The summed E-state index contributed by atoms with van der Waals surface area (Å²) >= 11 is 6.13. The molecule has 0 atom stereocenters. The first kappa shape index (κ1) is 12.5. The Morgan fingerprint density at radius 2 is 1.80 bits per heavy atom. The maximum Gasteiger partial charge on any atom is 0.0389 e. The van der Waals surface area contributed by atoms with E-state index in [4.69, 9.17) is 11.8 Å². The molecule has 0 saturated carbocycles. The Morgan fingerprint density at radius 1 is 1.07 bits per heavy atom. The van der Waals surface area contributed by atoms with Crippen LogP contribution >= 0.6 is 11.8 Å². The molecule has 0 radical (unpaired) electrons. The highest BCUT2D eigenvalue weighted by atomic mass is 35.5. The van der Waals surface area contributed by atoms with Gasteiger partial charge in [0.1, 0.15) is 0 Å². The summed E-state index contributed by atoms with van der Waals surface area (Å²) in [5, 5.41) is 0. The van der Waals surface area contributed by atoms with Crippen molar-refractivity contribution in [3.8, 4) is 0 Å². The zero-order chi connectivity index (χ0) is 10.9. The van der Waals surface area contributed by atoms with Crippen molar-refractivity contribution in [2.75, 3.05) is 6.54 Å². The van der Waals surface area contributed by atoms with Gasteiger partial charge in [0.15, 0.2) is 0 Å². The topological polar surface area (TPSA) is 3.24 Å². The predicted octanol–water partition coefficient (Wildman–Crippen LogP) is 4.22. The van der Waals surface area contributed by atoms with E-state index in [9.17, 15) is 0 Å². The highest BCUT2D eigenvalue weighted by Crippen LogP contribution is 2.09. The smallest absolute Gasteiger partial charge is 0.0389 e. The summed E-state index contributed by atoms with van der Waals surface area (Å²) in [7, 11) is 0. The summed E-state index contributed by atoms with van der Waals surface area (Å²) in [6, 6.07) is 10.4. The van der Waals surface area contributed by atoms with Crippen molar-refractivity contribution in [2.45, 2.75) is 39.2 Å². The highest BCUT2D eigenvalue weighted by Gasteiger charge is 2.01. The molecular weight excluding hydrogens is 206 g/mol. The molecule has 0 unspecified atom stereocenters. The molecule has 0 N–H and O–H groups in total. The third-order valence-corrected chi connectivity index (χ3v) is 2.74. The minimum Gasteiger partial charge on any atom is -0.216 e. The summed E-state index contributed by atoms with van der Waals surface area (Å²) in [6.45, 7) is 4.05. The lowest BCUT2D eigenvalue weighted by Crippen LogP contribution is -2.12. The average molecular weight is 226 g/mol. The average Bonchev–Trinajstić information content (AvgIpc) is 2.26. The van der Waals surface area contributed by atoms with Crippen molar-refractivity contribution >= 4 is 11.8 Å². The van der Waals surface area contributed by atoms with Crippen molar-refractivity contribution in [2.24, 2.45) is 0 Å². The Bertz CT molecular complexity index is 248. The van der Waals surface area contributed by atoms with Crippen molar-refractivity contribution < 1.29 is 0 Å². The third kappa shape index (κ3) is 5.81. The maximum atomic E-state index is 6.13. The minimum absolute atomic E-state index is 0.842. The maximum absolute atomic E-state index is 6.13. The molecule has 0 fully saturated rings. The van der Waals surface area contributed by atoms with Gasteiger partial charge in [-0.2, -0.15) is 0 Å². The van der Waals surface area contributed by atoms with Crippen LogP contribution in [0.3, 0.4) is 0 Å². The van der Waals surface area contributed by atoms with Gasteiger partial charge in [0.25, 0.3) is 0 Å². The number of rotatable bonds is 7. The lowest BCUT2D eigenvalue weighted by Gasteiger charge is -2.13. The minimum atomic E-state index is 0.842. The molecule has 84 valence electrons. The van der Waals surface area contributed by atoms with E-state index < -0.39 is 0 Å². The van der Waals surface area contributed by atoms with Crippen LogP contribution in [0.2, 0.25) is 0 Å². The van der Waals surface area contributed by atoms with E-state index in [0.29, 0.717) is 0 Å². The Kier molecular flexibility index (Phi) is 6.45. The standard InChI is InChI=1S/C13H20ClN/c1-2-3-4-8-11-15(14)12-13-9-6-5-7-10-13/h5-7,9-10H,2-4,8,11-12H2,1H3. The first-order chi connectivity index (χ1) is 7.33. The summed E-state index contributed by atoms with van der Waals surface area (Å²) in [5.74, 6) is 0. The van der Waals surface area contributed by atoms with Crippen molar-refractivity contribution in [1.29, 1.82) is 0 Å². The summed E-state index contributed by atoms with van der Waals surface area (Å²) < 4.78 is 1.88. The molecule has 0 bridgehead atoms. The van der Waals surface area contributed by atoms with Gasteiger partial charge in [0.05, 0.1) is 0 Å². The highest BCUT2D eigenvalue weighted by molar-refractivity contribution is 6.13. The molecule has 2 heteroatoms. The second-order valence-electron chi connectivity index (χ2n) is 3.89. The zero-order valence-corrected chi connectivity index (χ0v) is 10.2.